The van der Waals surface area contributed by atoms with Gasteiger partial charge in [0.2, 0.25) is 0 Å². The number of piperidine rings is 1. The van der Waals surface area contributed by atoms with Crippen LogP contribution in [0, 0.1) is 0 Å². The van der Waals surface area contributed by atoms with Crippen molar-refractivity contribution in [3.8, 4) is 17.0 Å². The van der Waals surface area contributed by atoms with Crippen LogP contribution in [0.15, 0.2) is 30.7 Å². The molecule has 8 nitrogen and oxygen atoms in total. The number of ether oxygens (including phenoxy) is 2. The van der Waals surface area contributed by atoms with E-state index >= 15 is 0 Å². The van der Waals surface area contributed by atoms with Crippen molar-refractivity contribution in [2.75, 3.05) is 0 Å². The first-order valence-electron chi connectivity index (χ1n) is 10.7. The van der Waals surface area contributed by atoms with Crippen molar-refractivity contribution >= 4 is 12.0 Å². The van der Waals surface area contributed by atoms with Crippen LogP contribution >= 0.6 is 0 Å². The number of fused-ring (bicyclic) bond motifs is 2. The molecular formula is C23H30N4O4. The number of nitrogens with zero attached hydrogens (tertiary/aromatic N) is 3. The second-order valence-corrected chi connectivity index (χ2v) is 9.48. The molecule has 2 saturated heterocycles. The highest BCUT2D eigenvalue weighted by Crippen LogP contribution is 2.39. The van der Waals surface area contributed by atoms with Crippen molar-refractivity contribution in [2.24, 2.45) is 12.8 Å². The Bertz CT molecular complexity index is 980. The Labute approximate surface area is 182 Å². The summed E-state index contributed by atoms with van der Waals surface area (Å²) in [6.45, 7) is 5.63. The van der Waals surface area contributed by atoms with Gasteiger partial charge in [-0.3, -0.25) is 4.79 Å². The van der Waals surface area contributed by atoms with Crippen LogP contribution < -0.4 is 10.5 Å². The molecule has 2 N–H and O–H groups in total. The number of imidazole rings is 1. The number of hydrogen-bond acceptors (Lipinski definition) is 5. The third-order valence-electron chi connectivity index (χ3n) is 5.83. The maximum absolute atomic E-state index is 12.7. The normalized spacial score (nSPS) is 23.0. The molecular weight excluding hydrogens is 396 g/mol. The summed E-state index contributed by atoms with van der Waals surface area (Å²) >= 11 is 0. The van der Waals surface area contributed by atoms with Crippen LogP contribution in [0.2, 0.25) is 0 Å². The summed E-state index contributed by atoms with van der Waals surface area (Å²) in [6, 6.07) is 5.57. The highest BCUT2D eigenvalue weighted by atomic mass is 16.6. The van der Waals surface area contributed by atoms with E-state index in [4.69, 9.17) is 15.2 Å². The van der Waals surface area contributed by atoms with Gasteiger partial charge >= 0.3 is 6.09 Å². The zero-order valence-corrected chi connectivity index (χ0v) is 18.5. The Morgan fingerprint density at radius 1 is 1.16 bits per heavy atom. The largest absolute Gasteiger partial charge is 0.489 e. The lowest BCUT2D eigenvalue weighted by atomic mass is 9.99. The Balaban J connectivity index is 1.49. The van der Waals surface area contributed by atoms with Gasteiger partial charge in [-0.05, 0) is 51.8 Å². The zero-order chi connectivity index (χ0) is 22.3. The molecule has 0 saturated carbocycles. The van der Waals surface area contributed by atoms with Gasteiger partial charge in [0.25, 0.3) is 5.91 Å². The maximum Gasteiger partial charge on any atom is 0.410 e. The molecule has 4 rings (SSSR count). The summed E-state index contributed by atoms with van der Waals surface area (Å²) < 4.78 is 13.7. The van der Waals surface area contributed by atoms with Gasteiger partial charge in [0, 0.05) is 43.7 Å². The molecule has 1 aromatic carbocycles. The van der Waals surface area contributed by atoms with Crippen molar-refractivity contribution in [1.29, 1.82) is 0 Å². The van der Waals surface area contributed by atoms with E-state index in [1.54, 1.807) is 18.5 Å². The highest BCUT2D eigenvalue weighted by Gasteiger charge is 2.45. The fourth-order valence-electron chi connectivity index (χ4n) is 4.56. The Morgan fingerprint density at radius 2 is 1.84 bits per heavy atom. The minimum Gasteiger partial charge on any atom is -0.489 e. The minimum absolute atomic E-state index is 0.0865. The number of rotatable bonds is 4. The summed E-state index contributed by atoms with van der Waals surface area (Å²) in [5.41, 5.74) is 7.04. The van der Waals surface area contributed by atoms with E-state index in [9.17, 15) is 9.59 Å². The van der Waals surface area contributed by atoms with Gasteiger partial charge in [-0.15, -0.1) is 0 Å². The molecule has 0 unspecified atom stereocenters. The lowest BCUT2D eigenvalue weighted by Gasteiger charge is -2.39. The van der Waals surface area contributed by atoms with Gasteiger partial charge in [0.1, 0.15) is 17.5 Å². The summed E-state index contributed by atoms with van der Waals surface area (Å²) in [6.07, 6.45) is 6.52. The molecule has 1 aromatic heterocycles. The monoisotopic (exact) mass is 426 g/mol. The van der Waals surface area contributed by atoms with Gasteiger partial charge in [-0.1, -0.05) is 0 Å². The molecule has 166 valence electrons. The predicted molar refractivity (Wildman–Crippen MR) is 116 cm³/mol. The standard InChI is InChI=1S/C23H30N4O4/c1-23(2,3)31-22(29)27-15-6-7-16(27)11-17(10-15)30-20-8-5-14(9-18(20)21(24)28)19-12-26(4)13-25-19/h5,8-9,12-13,15-17H,6-7,10-11H2,1-4H3,(H2,24,28)/t15-,16-/m0/s1. The van der Waals surface area contributed by atoms with Gasteiger partial charge in [-0.2, -0.15) is 0 Å². The molecule has 0 radical (unpaired) electrons. The molecule has 2 bridgehead atoms. The molecule has 2 aromatic rings. The Hall–Kier alpha value is -3.03. The topological polar surface area (TPSA) is 99.7 Å². The van der Waals surface area contributed by atoms with Crippen molar-refractivity contribution in [2.45, 2.75) is 70.2 Å². The quantitative estimate of drug-likeness (QED) is 0.807. The average molecular weight is 427 g/mol. The van der Waals surface area contributed by atoms with E-state index in [0.29, 0.717) is 24.2 Å². The smallest absolute Gasteiger partial charge is 0.410 e. The fraction of sp³-hybridized carbons (Fsp3) is 0.522. The minimum atomic E-state index is -0.540. The van der Waals surface area contributed by atoms with Crippen LogP contribution in [0.5, 0.6) is 5.75 Å². The summed E-state index contributed by atoms with van der Waals surface area (Å²) in [7, 11) is 1.89. The fourth-order valence-corrected chi connectivity index (χ4v) is 4.56. The third-order valence-corrected chi connectivity index (χ3v) is 5.83. The second kappa shape index (κ2) is 7.90. The molecule has 2 amide bonds. The first kappa shape index (κ1) is 21.2. The average Bonchev–Trinajstić information content (AvgIpc) is 3.22. The van der Waals surface area contributed by atoms with Crippen molar-refractivity contribution in [3.05, 3.63) is 36.3 Å². The van der Waals surface area contributed by atoms with Crippen LogP contribution in [0.1, 0.15) is 56.8 Å². The second-order valence-electron chi connectivity index (χ2n) is 9.48. The number of aryl methyl sites for hydroxylation is 1. The van der Waals surface area contributed by atoms with E-state index in [2.05, 4.69) is 4.98 Å². The van der Waals surface area contributed by atoms with Crippen LogP contribution in [0.4, 0.5) is 4.79 Å². The summed E-state index contributed by atoms with van der Waals surface area (Å²) in [5.74, 6) is -0.0655. The number of amides is 2. The van der Waals surface area contributed by atoms with Crippen molar-refractivity contribution in [1.82, 2.24) is 14.5 Å². The molecule has 2 fully saturated rings. The Morgan fingerprint density at radius 3 is 2.39 bits per heavy atom. The van der Waals surface area contributed by atoms with Crippen LogP contribution in [-0.2, 0) is 11.8 Å². The SMILES string of the molecule is Cn1cnc(-c2ccc(OC3C[C@@H]4CC[C@@H](C3)N4C(=O)OC(C)(C)C)c(C(N)=O)c2)c1. The molecule has 2 aliphatic heterocycles. The number of nitrogens with two attached hydrogens (primary N) is 1. The van der Waals surface area contributed by atoms with E-state index in [0.717, 1.165) is 24.1 Å². The van der Waals surface area contributed by atoms with Gasteiger partial charge in [0.05, 0.1) is 17.6 Å². The van der Waals surface area contributed by atoms with Crippen molar-refractivity contribution < 1.29 is 19.1 Å². The molecule has 8 heteroatoms. The molecule has 0 aliphatic carbocycles. The van der Waals surface area contributed by atoms with Crippen molar-refractivity contribution in [3.63, 3.8) is 0 Å². The van der Waals surface area contributed by atoms with Crippen LogP contribution in [0.3, 0.4) is 0 Å². The number of aromatic nitrogens is 2. The van der Waals surface area contributed by atoms with Gasteiger partial charge < -0.3 is 24.7 Å². The number of carbonyl (C=O) groups is 2. The Kier molecular flexibility index (Phi) is 5.41. The molecule has 0 spiro atoms. The molecule has 31 heavy (non-hydrogen) atoms. The lowest BCUT2D eigenvalue weighted by Crippen LogP contribution is -2.50. The summed E-state index contributed by atoms with van der Waals surface area (Å²) in [5, 5.41) is 0. The van der Waals surface area contributed by atoms with Crippen LogP contribution in [0.25, 0.3) is 11.3 Å². The van der Waals surface area contributed by atoms with E-state index in [1.807, 2.05) is 49.5 Å². The van der Waals surface area contributed by atoms with E-state index in [-0.39, 0.29) is 24.3 Å². The first-order valence-corrected chi connectivity index (χ1v) is 10.7. The summed E-state index contributed by atoms with van der Waals surface area (Å²) in [4.78, 5) is 31.0. The van der Waals surface area contributed by atoms with Crippen LogP contribution in [-0.4, -0.2) is 50.2 Å². The van der Waals surface area contributed by atoms with Gasteiger partial charge in [0.15, 0.2) is 0 Å². The zero-order valence-electron chi connectivity index (χ0n) is 18.5. The van der Waals surface area contributed by atoms with Gasteiger partial charge in [-0.25, -0.2) is 9.78 Å². The molecule has 2 atom stereocenters. The highest BCUT2D eigenvalue weighted by molar-refractivity contribution is 5.97. The predicted octanol–water partition coefficient (Wildman–Crippen LogP) is 3.50. The number of hydrogen-bond donors (Lipinski definition) is 1. The number of carbonyl (C=O) groups excluding carboxylic acids is 2. The number of primary amides is 1. The molecule has 2 aliphatic rings. The third kappa shape index (κ3) is 4.52. The maximum atomic E-state index is 12.7. The number of benzene rings is 1. The first-order chi connectivity index (χ1) is 14.6. The van der Waals surface area contributed by atoms with E-state index < -0.39 is 11.5 Å². The van der Waals surface area contributed by atoms with E-state index in [1.165, 1.54) is 0 Å². The lowest BCUT2D eigenvalue weighted by molar-refractivity contribution is -0.00711. The molecule has 3 heterocycles.